The van der Waals surface area contributed by atoms with Gasteiger partial charge in [0.05, 0.1) is 6.54 Å². The first-order valence-electron chi connectivity index (χ1n) is 6.51. The van der Waals surface area contributed by atoms with Crippen LogP contribution in [0.4, 0.5) is 18.9 Å². The lowest BCUT2D eigenvalue weighted by molar-refractivity contribution is -0.146. The van der Waals surface area contributed by atoms with Crippen LogP contribution in [0.25, 0.3) is 0 Å². The first-order valence-corrected chi connectivity index (χ1v) is 6.51. The smallest absolute Gasteiger partial charge is 0.368 e. The lowest BCUT2D eigenvalue weighted by atomic mass is 10.1. The predicted molar refractivity (Wildman–Crippen MR) is 71.2 cm³/mol. The van der Waals surface area contributed by atoms with Crippen LogP contribution in [0.5, 0.6) is 0 Å². The van der Waals surface area contributed by atoms with Crippen molar-refractivity contribution in [3.63, 3.8) is 0 Å². The van der Waals surface area contributed by atoms with Gasteiger partial charge in [-0.05, 0) is 19.1 Å². The van der Waals surface area contributed by atoms with E-state index in [9.17, 15) is 18.0 Å². The number of hydrogen-bond acceptors (Lipinski definition) is 3. The van der Waals surface area contributed by atoms with Crippen molar-refractivity contribution in [2.24, 2.45) is 0 Å². The molecule has 0 amide bonds. The zero-order chi connectivity index (χ0) is 14.8. The number of nitrogens with zero attached hydrogens (tertiary/aromatic N) is 2. The number of benzene rings is 1. The minimum absolute atomic E-state index is 0.0293. The Bertz CT molecular complexity index is 480. The first kappa shape index (κ1) is 14.8. The molecule has 0 spiro atoms. The Labute approximate surface area is 116 Å². The number of halogens is 3. The molecule has 0 saturated carbocycles. The van der Waals surface area contributed by atoms with E-state index in [1.807, 2.05) is 17.0 Å². The van der Waals surface area contributed by atoms with Crippen LogP contribution in [0, 0.1) is 0 Å². The summed E-state index contributed by atoms with van der Waals surface area (Å²) in [4.78, 5) is 14.9. The molecule has 0 aromatic heterocycles. The number of para-hydroxylation sites is 1. The van der Waals surface area contributed by atoms with Crippen LogP contribution in [0.3, 0.4) is 0 Å². The van der Waals surface area contributed by atoms with E-state index in [2.05, 4.69) is 0 Å². The van der Waals surface area contributed by atoms with Gasteiger partial charge in [-0.25, -0.2) is 0 Å². The average Bonchev–Trinajstić information content (AvgIpc) is 2.38. The molecule has 1 aromatic rings. The molecule has 3 nitrogen and oxygen atoms in total. The monoisotopic (exact) mass is 286 g/mol. The van der Waals surface area contributed by atoms with Gasteiger partial charge in [-0.3, -0.25) is 9.69 Å². The maximum atomic E-state index is 12.3. The van der Waals surface area contributed by atoms with Crippen LogP contribution in [-0.4, -0.2) is 49.6 Å². The molecule has 0 radical (unpaired) electrons. The number of rotatable bonds is 3. The molecule has 6 heteroatoms. The number of hydrogen-bond donors (Lipinski definition) is 0. The second kappa shape index (κ2) is 5.83. The van der Waals surface area contributed by atoms with Crippen molar-refractivity contribution in [1.82, 2.24) is 4.90 Å². The zero-order valence-electron chi connectivity index (χ0n) is 11.3. The van der Waals surface area contributed by atoms with E-state index in [0.29, 0.717) is 31.7 Å². The van der Waals surface area contributed by atoms with Gasteiger partial charge in [0.15, 0.2) is 5.78 Å². The Hall–Kier alpha value is -1.56. The van der Waals surface area contributed by atoms with Crippen molar-refractivity contribution in [2.45, 2.75) is 13.1 Å². The molecule has 1 aliphatic heterocycles. The van der Waals surface area contributed by atoms with Gasteiger partial charge < -0.3 is 4.90 Å². The fraction of sp³-hybridized carbons (Fsp3) is 0.500. The summed E-state index contributed by atoms with van der Waals surface area (Å²) in [6.45, 7) is 2.34. The summed E-state index contributed by atoms with van der Waals surface area (Å²) < 4.78 is 37.0. The molecule has 0 aliphatic carbocycles. The fourth-order valence-corrected chi connectivity index (χ4v) is 2.45. The van der Waals surface area contributed by atoms with Gasteiger partial charge in [-0.15, -0.1) is 0 Å². The molecule has 2 rings (SSSR count). The van der Waals surface area contributed by atoms with Gasteiger partial charge in [0.1, 0.15) is 0 Å². The van der Waals surface area contributed by atoms with Gasteiger partial charge in [0, 0.05) is 37.4 Å². The first-order chi connectivity index (χ1) is 9.37. The molecule has 0 atom stereocenters. The van der Waals surface area contributed by atoms with Crippen molar-refractivity contribution < 1.29 is 18.0 Å². The highest BCUT2D eigenvalue weighted by atomic mass is 19.4. The third-order valence-electron chi connectivity index (χ3n) is 3.40. The Morgan fingerprint density at radius 1 is 1.15 bits per heavy atom. The summed E-state index contributed by atoms with van der Waals surface area (Å²) in [7, 11) is 0. The van der Waals surface area contributed by atoms with E-state index in [1.165, 1.54) is 11.8 Å². The number of carbonyl (C=O) groups excluding carboxylic acids is 1. The predicted octanol–water partition coefficient (Wildman–Crippen LogP) is 2.57. The van der Waals surface area contributed by atoms with Gasteiger partial charge in [0.25, 0.3) is 0 Å². The van der Waals surface area contributed by atoms with Crippen LogP contribution in [0.1, 0.15) is 17.3 Å². The third kappa shape index (κ3) is 3.72. The number of alkyl halides is 3. The van der Waals surface area contributed by atoms with Crippen molar-refractivity contribution in [2.75, 3.05) is 37.6 Å². The fourth-order valence-electron chi connectivity index (χ4n) is 2.45. The lowest BCUT2D eigenvalue weighted by Gasteiger charge is -2.37. The second-order valence-corrected chi connectivity index (χ2v) is 4.95. The molecule has 0 unspecified atom stereocenters. The van der Waals surface area contributed by atoms with E-state index in [0.717, 1.165) is 5.69 Å². The molecule has 110 valence electrons. The average molecular weight is 286 g/mol. The van der Waals surface area contributed by atoms with Gasteiger partial charge >= 0.3 is 6.18 Å². The number of carbonyl (C=O) groups is 1. The van der Waals surface area contributed by atoms with Gasteiger partial charge in [0.2, 0.25) is 0 Å². The van der Waals surface area contributed by atoms with Gasteiger partial charge in [-0.1, -0.05) is 12.1 Å². The molecule has 1 aromatic carbocycles. The van der Waals surface area contributed by atoms with Crippen molar-refractivity contribution in [3.05, 3.63) is 29.8 Å². The van der Waals surface area contributed by atoms with Crippen LogP contribution in [-0.2, 0) is 0 Å². The number of Topliss-reactive ketones (excluding diaryl/α,β-unsaturated/α-hetero) is 1. The Balaban J connectivity index is 2.03. The summed E-state index contributed by atoms with van der Waals surface area (Å²) in [5.74, 6) is -0.0293. The van der Waals surface area contributed by atoms with Crippen molar-refractivity contribution in [3.8, 4) is 0 Å². The van der Waals surface area contributed by atoms with Crippen molar-refractivity contribution in [1.29, 1.82) is 0 Å². The van der Waals surface area contributed by atoms with E-state index in [4.69, 9.17) is 0 Å². The highest BCUT2D eigenvalue weighted by Crippen LogP contribution is 2.23. The Kier molecular flexibility index (Phi) is 4.32. The largest absolute Gasteiger partial charge is 0.401 e. The number of ketones is 1. The molecule has 1 heterocycles. The summed E-state index contributed by atoms with van der Waals surface area (Å²) in [6, 6.07) is 7.22. The third-order valence-corrected chi connectivity index (χ3v) is 3.40. The van der Waals surface area contributed by atoms with Crippen molar-refractivity contribution >= 4 is 11.5 Å². The quantitative estimate of drug-likeness (QED) is 0.798. The molecule has 20 heavy (non-hydrogen) atoms. The Morgan fingerprint density at radius 2 is 1.75 bits per heavy atom. The summed E-state index contributed by atoms with van der Waals surface area (Å²) in [6.07, 6.45) is -4.15. The van der Waals surface area contributed by atoms with E-state index in [1.54, 1.807) is 12.1 Å². The zero-order valence-corrected chi connectivity index (χ0v) is 11.3. The molecule has 0 bridgehead atoms. The van der Waals surface area contributed by atoms with E-state index in [-0.39, 0.29) is 5.78 Å². The SMILES string of the molecule is CC(=O)c1ccccc1N1CCN(CC(F)(F)F)CC1. The molecular weight excluding hydrogens is 269 g/mol. The van der Waals surface area contributed by atoms with E-state index < -0.39 is 12.7 Å². The van der Waals surface area contributed by atoms with Gasteiger partial charge in [-0.2, -0.15) is 13.2 Å². The maximum absolute atomic E-state index is 12.3. The standard InChI is InChI=1S/C14H17F3N2O/c1-11(20)12-4-2-3-5-13(12)19-8-6-18(7-9-19)10-14(15,16)17/h2-5H,6-10H2,1H3. The molecule has 0 N–H and O–H groups in total. The van der Waals surface area contributed by atoms with Crippen LogP contribution in [0.2, 0.25) is 0 Å². The normalized spacial score (nSPS) is 17.3. The minimum Gasteiger partial charge on any atom is -0.368 e. The Morgan fingerprint density at radius 3 is 2.30 bits per heavy atom. The molecular formula is C14H17F3N2O. The number of anilines is 1. The molecule has 1 saturated heterocycles. The summed E-state index contributed by atoms with van der Waals surface area (Å²) >= 11 is 0. The number of piperazine rings is 1. The second-order valence-electron chi connectivity index (χ2n) is 4.95. The topological polar surface area (TPSA) is 23.6 Å². The maximum Gasteiger partial charge on any atom is 0.401 e. The summed E-state index contributed by atoms with van der Waals surface area (Å²) in [5.41, 5.74) is 1.43. The lowest BCUT2D eigenvalue weighted by Crippen LogP contribution is -2.49. The van der Waals surface area contributed by atoms with Crippen LogP contribution in [0.15, 0.2) is 24.3 Å². The van der Waals surface area contributed by atoms with Crippen LogP contribution < -0.4 is 4.90 Å². The minimum atomic E-state index is -4.15. The molecule has 1 aliphatic rings. The highest BCUT2D eigenvalue weighted by molar-refractivity contribution is 5.99. The molecule has 1 fully saturated rings. The van der Waals surface area contributed by atoms with Crippen LogP contribution >= 0.6 is 0 Å². The highest BCUT2D eigenvalue weighted by Gasteiger charge is 2.32. The van der Waals surface area contributed by atoms with E-state index >= 15 is 0 Å². The summed E-state index contributed by atoms with van der Waals surface area (Å²) in [5, 5.41) is 0.